The van der Waals surface area contributed by atoms with E-state index in [1.807, 2.05) is 62.3 Å². The number of pyridine rings is 1. The highest BCUT2D eigenvalue weighted by Crippen LogP contribution is 2.32. The van der Waals surface area contributed by atoms with Crippen molar-refractivity contribution >= 4 is 21.4 Å². The maximum absolute atomic E-state index is 14.3. The molecule has 0 amide bonds. The number of aryl methyl sites for hydroxylation is 1. The van der Waals surface area contributed by atoms with Crippen LogP contribution in [0.15, 0.2) is 54.7 Å². The van der Waals surface area contributed by atoms with E-state index >= 15 is 0 Å². The zero-order valence-electron chi connectivity index (χ0n) is 19.2. The van der Waals surface area contributed by atoms with E-state index in [9.17, 15) is 12.8 Å². The van der Waals surface area contributed by atoms with Gasteiger partial charge in [0.05, 0.1) is 5.75 Å². The van der Waals surface area contributed by atoms with Crippen molar-refractivity contribution in [3.05, 3.63) is 77.2 Å². The second kappa shape index (κ2) is 9.59. The summed E-state index contributed by atoms with van der Waals surface area (Å²) < 4.78 is 41.4. The van der Waals surface area contributed by atoms with Crippen molar-refractivity contribution < 1.29 is 12.8 Å². The Bertz CT molecular complexity index is 1260. The largest absolute Gasteiger partial charge is 0.355 e. The lowest BCUT2D eigenvalue weighted by Crippen LogP contribution is -2.39. The van der Waals surface area contributed by atoms with Gasteiger partial charge in [0.1, 0.15) is 11.5 Å². The number of fused-ring (bicyclic) bond motifs is 1. The predicted octanol–water partition coefficient (Wildman–Crippen LogP) is 4.19. The fraction of sp³-hybridized carbons (Fsp3) is 0.320. The first-order valence-corrected chi connectivity index (χ1v) is 12.6. The van der Waals surface area contributed by atoms with Crippen LogP contribution in [0.5, 0.6) is 0 Å². The molecule has 2 aromatic carbocycles. The summed E-state index contributed by atoms with van der Waals surface area (Å²) in [6, 6.07) is 14.7. The summed E-state index contributed by atoms with van der Waals surface area (Å²) >= 11 is 0. The first-order chi connectivity index (χ1) is 15.7. The van der Waals surface area contributed by atoms with Crippen molar-refractivity contribution in [2.45, 2.75) is 19.9 Å². The van der Waals surface area contributed by atoms with Crippen LogP contribution < -0.4 is 5.32 Å². The molecule has 0 aliphatic carbocycles. The lowest BCUT2D eigenvalue weighted by molar-refractivity contribution is 0.380. The van der Waals surface area contributed by atoms with Gasteiger partial charge in [0.25, 0.3) is 0 Å². The second-order valence-corrected chi connectivity index (χ2v) is 10.7. The quantitative estimate of drug-likeness (QED) is 0.563. The van der Waals surface area contributed by atoms with Gasteiger partial charge < -0.3 is 10.2 Å². The second-order valence-electron chi connectivity index (χ2n) is 8.63. The molecule has 8 heteroatoms. The van der Waals surface area contributed by atoms with Crippen molar-refractivity contribution in [3.8, 4) is 11.3 Å². The molecule has 0 spiro atoms. The van der Waals surface area contributed by atoms with E-state index in [2.05, 4.69) is 10.3 Å². The highest BCUT2D eigenvalue weighted by Gasteiger charge is 2.27. The Morgan fingerprint density at radius 2 is 1.97 bits per heavy atom. The van der Waals surface area contributed by atoms with Crippen molar-refractivity contribution in [2.75, 3.05) is 38.3 Å². The topological polar surface area (TPSA) is 65.5 Å². The van der Waals surface area contributed by atoms with E-state index in [1.54, 1.807) is 16.6 Å². The molecular weight excluding hydrogens is 439 g/mol. The Kier molecular flexibility index (Phi) is 6.78. The van der Waals surface area contributed by atoms with E-state index in [0.29, 0.717) is 31.7 Å². The van der Waals surface area contributed by atoms with E-state index < -0.39 is 10.0 Å². The van der Waals surface area contributed by atoms with Gasteiger partial charge in [-0.2, -0.15) is 4.31 Å². The Morgan fingerprint density at radius 3 is 2.73 bits per heavy atom. The van der Waals surface area contributed by atoms with Crippen LogP contribution in [0.25, 0.3) is 11.3 Å². The smallest absolute Gasteiger partial charge is 0.215 e. The van der Waals surface area contributed by atoms with Crippen LogP contribution >= 0.6 is 0 Å². The van der Waals surface area contributed by atoms with Gasteiger partial charge in [0.2, 0.25) is 10.0 Å². The molecule has 0 fully saturated rings. The molecule has 0 atom stereocenters. The predicted molar refractivity (Wildman–Crippen MR) is 131 cm³/mol. The summed E-state index contributed by atoms with van der Waals surface area (Å²) in [6.07, 6.45) is 2.22. The molecule has 0 saturated carbocycles. The molecular formula is C25H29FN4O2S. The van der Waals surface area contributed by atoms with E-state index in [4.69, 9.17) is 0 Å². The van der Waals surface area contributed by atoms with Crippen LogP contribution in [0.4, 0.5) is 15.8 Å². The zero-order valence-corrected chi connectivity index (χ0v) is 20.0. The van der Waals surface area contributed by atoms with Crippen molar-refractivity contribution in [1.29, 1.82) is 0 Å². The fourth-order valence-electron chi connectivity index (χ4n) is 4.06. The molecule has 1 aliphatic rings. The zero-order chi connectivity index (χ0) is 23.6. The molecule has 6 nitrogen and oxygen atoms in total. The molecule has 0 saturated heterocycles. The Labute approximate surface area is 195 Å². The monoisotopic (exact) mass is 468 g/mol. The minimum atomic E-state index is -3.31. The van der Waals surface area contributed by atoms with Crippen LogP contribution in [0.1, 0.15) is 16.7 Å². The van der Waals surface area contributed by atoms with Gasteiger partial charge in [-0.15, -0.1) is 0 Å². The number of anilines is 2. The first kappa shape index (κ1) is 23.4. The molecule has 3 aromatic rings. The summed E-state index contributed by atoms with van der Waals surface area (Å²) in [4.78, 5) is 6.10. The lowest BCUT2D eigenvalue weighted by Gasteiger charge is -2.30. The normalized spacial score (nSPS) is 14.3. The maximum atomic E-state index is 14.3. The van der Waals surface area contributed by atoms with Gasteiger partial charge in [-0.25, -0.2) is 12.8 Å². The van der Waals surface area contributed by atoms with Crippen LogP contribution in [0, 0.1) is 12.7 Å². The van der Waals surface area contributed by atoms with Crippen LogP contribution in [-0.2, 0) is 23.0 Å². The third-order valence-electron chi connectivity index (χ3n) is 5.95. The number of sulfonamides is 1. The minimum Gasteiger partial charge on any atom is -0.355 e. The van der Waals surface area contributed by atoms with Gasteiger partial charge in [-0.1, -0.05) is 18.2 Å². The van der Waals surface area contributed by atoms with Crippen molar-refractivity contribution in [1.82, 2.24) is 14.2 Å². The molecule has 2 heterocycles. The van der Waals surface area contributed by atoms with E-state index in [0.717, 1.165) is 33.6 Å². The van der Waals surface area contributed by atoms with Gasteiger partial charge in [0, 0.05) is 42.8 Å². The Balaban J connectivity index is 1.58. The maximum Gasteiger partial charge on any atom is 0.215 e. The first-order valence-electron chi connectivity index (χ1n) is 11.0. The van der Waals surface area contributed by atoms with E-state index in [-0.39, 0.29) is 11.6 Å². The molecule has 174 valence electrons. The summed E-state index contributed by atoms with van der Waals surface area (Å²) in [5, 5.41) is 3.46. The number of nitrogens with zero attached hydrogens (tertiary/aromatic N) is 3. The average molecular weight is 469 g/mol. The molecule has 4 rings (SSSR count). The molecule has 0 unspecified atom stereocenters. The lowest BCUT2D eigenvalue weighted by atomic mass is 9.98. The van der Waals surface area contributed by atoms with Crippen LogP contribution in [-0.4, -0.2) is 55.5 Å². The number of nitrogens with one attached hydrogen (secondary N) is 1. The third-order valence-corrected chi connectivity index (χ3v) is 7.75. The molecule has 1 aromatic heterocycles. The third kappa shape index (κ3) is 5.24. The van der Waals surface area contributed by atoms with Crippen LogP contribution in [0.2, 0.25) is 0 Å². The number of hydrogen-bond donors (Lipinski definition) is 1. The Hall–Kier alpha value is -2.81. The average Bonchev–Trinajstić information content (AvgIpc) is 2.79. The highest BCUT2D eigenvalue weighted by atomic mass is 32.2. The van der Waals surface area contributed by atoms with Gasteiger partial charge in [-0.05, 0) is 74.5 Å². The molecule has 33 heavy (non-hydrogen) atoms. The van der Waals surface area contributed by atoms with Gasteiger partial charge in [0.15, 0.2) is 0 Å². The van der Waals surface area contributed by atoms with Crippen LogP contribution in [0.3, 0.4) is 0 Å². The minimum absolute atomic E-state index is 0.115. The van der Waals surface area contributed by atoms with E-state index in [1.165, 1.54) is 6.07 Å². The number of halogens is 1. The van der Waals surface area contributed by atoms with Crippen molar-refractivity contribution in [2.24, 2.45) is 0 Å². The number of aromatic nitrogens is 1. The van der Waals surface area contributed by atoms with Crippen molar-refractivity contribution in [3.63, 3.8) is 0 Å². The number of hydrogen-bond acceptors (Lipinski definition) is 5. The Morgan fingerprint density at radius 1 is 1.15 bits per heavy atom. The standard InChI is InChI=1S/C25H29FN4O2S/c1-18-9-10-20(16-22(18)25-23(26)7-5-12-27-25)28-24-8-4-6-19-17-30(13-11-21(19)24)33(31,32)15-14-29(2)3/h4-10,12,16,28H,11,13-15,17H2,1-3H3. The fourth-order valence-corrected chi connectivity index (χ4v) is 5.62. The summed E-state index contributed by atoms with van der Waals surface area (Å²) in [5.74, 6) is -0.242. The summed E-state index contributed by atoms with van der Waals surface area (Å²) in [7, 11) is 0.436. The molecule has 1 aliphatic heterocycles. The molecule has 0 bridgehead atoms. The molecule has 1 N–H and O–H groups in total. The number of benzene rings is 2. The SMILES string of the molecule is Cc1ccc(Nc2cccc3c2CCN(S(=O)(=O)CCN(C)C)C3)cc1-c1ncccc1F. The van der Waals surface area contributed by atoms with Gasteiger partial charge >= 0.3 is 0 Å². The summed E-state index contributed by atoms with van der Waals surface area (Å²) in [6.45, 7) is 3.27. The number of rotatable bonds is 7. The molecule has 0 radical (unpaired) electrons. The summed E-state index contributed by atoms with van der Waals surface area (Å²) in [5.41, 5.74) is 5.88. The van der Waals surface area contributed by atoms with Gasteiger partial charge in [-0.3, -0.25) is 4.98 Å². The highest BCUT2D eigenvalue weighted by molar-refractivity contribution is 7.89.